The molecule has 0 saturated carbocycles. The molecule has 0 aromatic rings. The fourth-order valence-corrected chi connectivity index (χ4v) is 7.23. The van der Waals surface area contributed by atoms with E-state index < -0.39 is 8.32 Å². The second kappa shape index (κ2) is 7.12. The lowest BCUT2D eigenvalue weighted by Crippen LogP contribution is -2.45. The van der Waals surface area contributed by atoms with Crippen LogP contribution in [0.25, 0.3) is 0 Å². The molecule has 0 unspecified atom stereocenters. The first-order valence-corrected chi connectivity index (χ1v) is 9.39. The van der Waals surface area contributed by atoms with Crippen molar-refractivity contribution in [1.29, 1.82) is 0 Å². The third-order valence-electron chi connectivity index (χ3n) is 3.20. The predicted octanol–water partition coefficient (Wildman–Crippen LogP) is 4.77. The minimum Gasteiger partial charge on any atom is -0.516 e. The van der Waals surface area contributed by atoms with E-state index in [4.69, 9.17) is 4.43 Å². The molecule has 18 heavy (non-hydrogen) atoms. The van der Waals surface area contributed by atoms with Gasteiger partial charge in [0.1, 0.15) is 0 Å². The molecule has 2 nitrogen and oxygen atoms in total. The highest BCUT2D eigenvalue weighted by molar-refractivity contribution is 6.76. The highest BCUT2D eigenvalue weighted by atomic mass is 28.4. The molecule has 0 aromatic carbocycles. The van der Waals surface area contributed by atoms with Crippen molar-refractivity contribution in [3.63, 3.8) is 0 Å². The zero-order valence-corrected chi connectivity index (χ0v) is 14.2. The lowest BCUT2D eigenvalue weighted by atomic mass is 10.3. The molecule has 0 spiro atoms. The molecule has 0 heterocycles. The van der Waals surface area contributed by atoms with Gasteiger partial charge in [-0.05, 0) is 36.4 Å². The number of carbonyl (C=O) groups excluding carboxylic acids is 1. The van der Waals surface area contributed by atoms with Crippen LogP contribution in [0.1, 0.15) is 48.5 Å². The molecule has 0 radical (unpaired) electrons. The highest BCUT2D eigenvalue weighted by Gasteiger charge is 2.43. The Bertz CT molecular complexity index is 283. The molecular formula is C15H30O2Si. The lowest BCUT2D eigenvalue weighted by Gasteiger charge is -2.37. The van der Waals surface area contributed by atoms with Gasteiger partial charge in [-0.2, -0.15) is 0 Å². The van der Waals surface area contributed by atoms with Gasteiger partial charge in [0.15, 0.2) is 0 Å². The van der Waals surface area contributed by atoms with Gasteiger partial charge in [0.25, 0.3) is 8.32 Å². The van der Waals surface area contributed by atoms with E-state index in [1.165, 1.54) is 0 Å². The quantitative estimate of drug-likeness (QED) is 0.492. The van der Waals surface area contributed by atoms with Gasteiger partial charge in [0.05, 0.1) is 0 Å². The zero-order chi connectivity index (χ0) is 14.5. The van der Waals surface area contributed by atoms with Gasteiger partial charge >= 0.3 is 5.97 Å². The van der Waals surface area contributed by atoms with E-state index in [2.05, 4.69) is 48.1 Å². The molecule has 0 saturated heterocycles. The monoisotopic (exact) mass is 270 g/mol. The molecular weight excluding hydrogens is 240 g/mol. The third-order valence-corrected chi connectivity index (χ3v) is 8.92. The maximum atomic E-state index is 11.9. The Morgan fingerprint density at radius 3 is 1.67 bits per heavy atom. The number of hydrogen-bond acceptors (Lipinski definition) is 2. The van der Waals surface area contributed by atoms with Crippen molar-refractivity contribution in [3.05, 3.63) is 12.2 Å². The summed E-state index contributed by atoms with van der Waals surface area (Å²) < 4.78 is 5.98. The Hall–Kier alpha value is -0.573. The van der Waals surface area contributed by atoms with Gasteiger partial charge < -0.3 is 4.43 Å². The minimum absolute atomic E-state index is 0.198. The second-order valence-corrected chi connectivity index (χ2v) is 10.9. The summed E-state index contributed by atoms with van der Waals surface area (Å²) in [7, 11) is -2.04. The van der Waals surface area contributed by atoms with Crippen LogP contribution in [-0.4, -0.2) is 14.3 Å². The van der Waals surface area contributed by atoms with Crippen molar-refractivity contribution >= 4 is 14.3 Å². The first kappa shape index (κ1) is 17.4. The molecule has 0 rings (SSSR count). The van der Waals surface area contributed by atoms with E-state index in [9.17, 15) is 4.79 Å². The van der Waals surface area contributed by atoms with Crippen LogP contribution in [0.15, 0.2) is 12.2 Å². The molecule has 106 valence electrons. The van der Waals surface area contributed by atoms with Gasteiger partial charge in [-0.3, -0.25) is 0 Å². The number of rotatable bonds is 7. The average Bonchev–Trinajstić information content (AvgIpc) is 2.14. The van der Waals surface area contributed by atoms with Gasteiger partial charge in [0.2, 0.25) is 0 Å². The Kier molecular flexibility index (Phi) is 6.90. The van der Waals surface area contributed by atoms with E-state index in [1.54, 1.807) is 6.92 Å². The summed E-state index contributed by atoms with van der Waals surface area (Å²) in [6.45, 7) is 18.7. The van der Waals surface area contributed by atoms with Crippen LogP contribution in [0.3, 0.4) is 0 Å². The summed E-state index contributed by atoms with van der Waals surface area (Å²) in [5, 5.41) is 0. The van der Waals surface area contributed by atoms with Crippen molar-refractivity contribution in [3.8, 4) is 0 Å². The predicted molar refractivity (Wildman–Crippen MR) is 81.0 cm³/mol. The van der Waals surface area contributed by atoms with Crippen LogP contribution in [0, 0.1) is 11.8 Å². The Morgan fingerprint density at radius 1 is 1.06 bits per heavy atom. The van der Waals surface area contributed by atoms with Crippen LogP contribution < -0.4 is 0 Å². The lowest BCUT2D eigenvalue weighted by molar-refractivity contribution is -0.131. The van der Waals surface area contributed by atoms with E-state index in [1.807, 2.05) is 0 Å². The highest BCUT2D eigenvalue weighted by Crippen LogP contribution is 2.36. The Labute approximate surface area is 114 Å². The van der Waals surface area contributed by atoms with Crippen molar-refractivity contribution in [2.24, 2.45) is 11.8 Å². The maximum absolute atomic E-state index is 11.9. The normalized spacial score (nSPS) is 12.3. The Morgan fingerprint density at radius 2 is 1.44 bits per heavy atom. The van der Waals surface area contributed by atoms with Crippen LogP contribution in [0.2, 0.25) is 17.6 Å². The minimum atomic E-state index is -2.04. The molecule has 0 amide bonds. The molecule has 0 aliphatic heterocycles. The van der Waals surface area contributed by atoms with E-state index in [-0.39, 0.29) is 5.97 Å². The molecule has 0 bridgehead atoms. The average molecular weight is 270 g/mol. The summed E-state index contributed by atoms with van der Waals surface area (Å²) in [4.78, 5) is 11.9. The second-order valence-electron chi connectivity index (χ2n) is 6.59. The van der Waals surface area contributed by atoms with Crippen LogP contribution >= 0.6 is 0 Å². The number of hydrogen-bond donors (Lipinski definition) is 0. The summed E-state index contributed by atoms with van der Waals surface area (Å²) in [6, 6.07) is 2.09. The molecule has 3 heteroatoms. The summed E-state index contributed by atoms with van der Waals surface area (Å²) >= 11 is 0. The first-order valence-electron chi connectivity index (χ1n) is 6.99. The molecule has 0 aromatic heterocycles. The summed E-state index contributed by atoms with van der Waals surface area (Å²) in [6.07, 6.45) is 0. The third kappa shape index (κ3) is 5.38. The van der Waals surface area contributed by atoms with Crippen LogP contribution in [0.4, 0.5) is 0 Å². The van der Waals surface area contributed by atoms with Crippen molar-refractivity contribution in [2.75, 3.05) is 0 Å². The van der Waals surface area contributed by atoms with Gasteiger partial charge in [-0.25, -0.2) is 4.79 Å². The molecule has 0 fully saturated rings. The molecule has 0 atom stereocenters. The number of carbonyl (C=O) groups is 1. The first-order chi connectivity index (χ1) is 8.10. The van der Waals surface area contributed by atoms with Gasteiger partial charge in [-0.1, -0.05) is 48.1 Å². The summed E-state index contributed by atoms with van der Waals surface area (Å²) in [5.41, 5.74) is 0.964. The van der Waals surface area contributed by atoms with Crippen LogP contribution in [0.5, 0.6) is 0 Å². The van der Waals surface area contributed by atoms with Gasteiger partial charge in [-0.15, -0.1) is 0 Å². The van der Waals surface area contributed by atoms with E-state index >= 15 is 0 Å². The summed E-state index contributed by atoms with van der Waals surface area (Å²) in [5.74, 6) is 0.933. The molecule has 0 aliphatic carbocycles. The largest absolute Gasteiger partial charge is 0.516 e. The van der Waals surface area contributed by atoms with E-state index in [0.717, 1.165) is 12.1 Å². The van der Waals surface area contributed by atoms with Crippen molar-refractivity contribution in [2.45, 2.75) is 66.1 Å². The van der Waals surface area contributed by atoms with Gasteiger partial charge in [0, 0.05) is 5.57 Å². The fraction of sp³-hybridized carbons (Fsp3) is 0.800. The van der Waals surface area contributed by atoms with E-state index in [0.29, 0.717) is 23.0 Å². The molecule has 0 N–H and O–H groups in total. The maximum Gasteiger partial charge on any atom is 0.319 e. The van der Waals surface area contributed by atoms with Crippen molar-refractivity contribution < 1.29 is 9.22 Å². The fourth-order valence-electron chi connectivity index (χ4n) is 2.41. The standard InChI is InChI=1S/C15H30O2Si/c1-11(2)9-18(14(7)8,10-12(3)4)17-15(16)13(5)6/h11-12,14H,5,9-10H2,1-4,6-8H3. The zero-order valence-electron chi connectivity index (χ0n) is 13.2. The van der Waals surface area contributed by atoms with Crippen LogP contribution in [-0.2, 0) is 9.22 Å². The SMILES string of the molecule is C=C(C)C(=O)O[Si](CC(C)C)(CC(C)C)C(C)C. The Balaban J connectivity index is 5.18. The molecule has 0 aliphatic rings. The topological polar surface area (TPSA) is 26.3 Å². The smallest absolute Gasteiger partial charge is 0.319 e. The van der Waals surface area contributed by atoms with Crippen molar-refractivity contribution in [1.82, 2.24) is 0 Å².